The van der Waals surface area contributed by atoms with E-state index in [0.717, 1.165) is 12.8 Å². The minimum Gasteiger partial charge on any atom is -0.461 e. The van der Waals surface area contributed by atoms with Crippen molar-refractivity contribution in [2.45, 2.75) is 59.6 Å². The summed E-state index contributed by atoms with van der Waals surface area (Å²) in [7, 11) is 0. The van der Waals surface area contributed by atoms with Crippen LogP contribution in [0.4, 0.5) is 5.95 Å². The first-order valence-corrected chi connectivity index (χ1v) is 7.09. The molecule has 0 aromatic carbocycles. The van der Waals surface area contributed by atoms with Gasteiger partial charge < -0.3 is 10.1 Å². The molecule has 0 fully saturated rings. The fraction of sp³-hybridized carbons (Fsp3) is 0.769. The van der Waals surface area contributed by atoms with Crippen molar-refractivity contribution in [3.63, 3.8) is 0 Å². The van der Waals surface area contributed by atoms with Gasteiger partial charge in [0.05, 0.1) is 6.10 Å². The Kier molecular flexibility index (Phi) is 6.28. The third-order valence-electron chi connectivity index (χ3n) is 2.48. The van der Waals surface area contributed by atoms with Crippen LogP contribution in [0, 0.1) is 5.92 Å². The van der Waals surface area contributed by atoms with Gasteiger partial charge in [-0.3, -0.25) is 0 Å². The highest BCUT2D eigenvalue weighted by molar-refractivity contribution is 6.28. The van der Waals surface area contributed by atoms with Gasteiger partial charge in [-0.05, 0) is 51.1 Å². The summed E-state index contributed by atoms with van der Waals surface area (Å²) in [6.45, 7) is 10.3. The molecule has 108 valence electrons. The smallest absolute Gasteiger partial charge is 0.322 e. The lowest BCUT2D eigenvalue weighted by molar-refractivity contribution is 0.222. The zero-order chi connectivity index (χ0) is 14.4. The number of rotatable bonds is 7. The van der Waals surface area contributed by atoms with Crippen LogP contribution in [0.3, 0.4) is 0 Å². The van der Waals surface area contributed by atoms with Gasteiger partial charge in [-0.2, -0.15) is 15.0 Å². The van der Waals surface area contributed by atoms with E-state index in [1.807, 2.05) is 13.8 Å². The first-order valence-electron chi connectivity index (χ1n) is 6.71. The Morgan fingerprint density at radius 3 is 2.32 bits per heavy atom. The number of hydrogen-bond donors (Lipinski definition) is 1. The molecule has 0 radical (unpaired) electrons. The Hall–Kier alpha value is -1.10. The second kappa shape index (κ2) is 7.48. The molecule has 0 aliphatic carbocycles. The molecule has 0 bridgehead atoms. The van der Waals surface area contributed by atoms with Crippen molar-refractivity contribution in [1.82, 2.24) is 15.0 Å². The van der Waals surface area contributed by atoms with Crippen molar-refractivity contribution in [2.24, 2.45) is 5.92 Å². The van der Waals surface area contributed by atoms with Gasteiger partial charge in [0, 0.05) is 6.04 Å². The molecule has 1 N–H and O–H groups in total. The highest BCUT2D eigenvalue weighted by Gasteiger charge is 2.10. The van der Waals surface area contributed by atoms with E-state index in [1.165, 1.54) is 0 Å². The van der Waals surface area contributed by atoms with E-state index in [-0.39, 0.29) is 23.4 Å². The zero-order valence-corrected chi connectivity index (χ0v) is 13.0. The summed E-state index contributed by atoms with van der Waals surface area (Å²) in [5, 5.41) is 3.37. The topological polar surface area (TPSA) is 59.9 Å². The summed E-state index contributed by atoms with van der Waals surface area (Å²) in [6.07, 6.45) is 2.22. The van der Waals surface area contributed by atoms with Gasteiger partial charge in [0.1, 0.15) is 0 Å². The van der Waals surface area contributed by atoms with Crippen molar-refractivity contribution < 1.29 is 4.74 Å². The van der Waals surface area contributed by atoms with Gasteiger partial charge in [-0.15, -0.1) is 0 Å². The number of halogens is 1. The molecule has 1 atom stereocenters. The zero-order valence-electron chi connectivity index (χ0n) is 12.3. The summed E-state index contributed by atoms with van der Waals surface area (Å²) >= 11 is 5.86. The number of hydrogen-bond acceptors (Lipinski definition) is 5. The number of ether oxygens (including phenoxy) is 1. The lowest BCUT2D eigenvalue weighted by Gasteiger charge is -2.15. The van der Waals surface area contributed by atoms with Crippen LogP contribution in [-0.2, 0) is 0 Å². The first kappa shape index (κ1) is 16.0. The van der Waals surface area contributed by atoms with E-state index in [4.69, 9.17) is 16.3 Å². The molecule has 1 heterocycles. The van der Waals surface area contributed by atoms with E-state index >= 15 is 0 Å². The van der Waals surface area contributed by atoms with E-state index in [2.05, 4.69) is 41.0 Å². The number of anilines is 1. The van der Waals surface area contributed by atoms with E-state index in [1.54, 1.807) is 0 Å². The minimum atomic E-state index is 0.00433. The lowest BCUT2D eigenvalue weighted by Crippen LogP contribution is -2.19. The first-order chi connectivity index (χ1) is 8.86. The molecule has 6 heteroatoms. The quantitative estimate of drug-likeness (QED) is 0.830. The molecular formula is C13H23ClN4O. The van der Waals surface area contributed by atoms with Crippen LogP contribution in [0.15, 0.2) is 0 Å². The van der Waals surface area contributed by atoms with Crippen molar-refractivity contribution in [3.05, 3.63) is 5.28 Å². The monoisotopic (exact) mass is 286 g/mol. The van der Waals surface area contributed by atoms with Gasteiger partial charge in [0.2, 0.25) is 11.2 Å². The van der Waals surface area contributed by atoms with Crippen LogP contribution in [-0.4, -0.2) is 27.1 Å². The highest BCUT2D eigenvalue weighted by Crippen LogP contribution is 2.15. The molecule has 1 aromatic heterocycles. The Morgan fingerprint density at radius 2 is 1.74 bits per heavy atom. The Labute approximate surface area is 120 Å². The number of nitrogens with one attached hydrogen (secondary N) is 1. The number of aromatic nitrogens is 3. The standard InChI is InChI=1S/C13H23ClN4O/c1-8(2)6-7-10(5)15-12-16-11(14)17-13(18-12)19-9(3)4/h8-10H,6-7H2,1-5H3,(H,15,16,17,18). The Morgan fingerprint density at radius 1 is 1.05 bits per heavy atom. The van der Waals surface area contributed by atoms with Crippen LogP contribution in [0.25, 0.3) is 0 Å². The van der Waals surface area contributed by atoms with E-state index in [0.29, 0.717) is 11.9 Å². The molecule has 0 amide bonds. The molecule has 5 nitrogen and oxygen atoms in total. The third kappa shape index (κ3) is 6.57. The fourth-order valence-electron chi connectivity index (χ4n) is 1.54. The van der Waals surface area contributed by atoms with Crippen LogP contribution in [0.5, 0.6) is 6.01 Å². The minimum absolute atomic E-state index is 0.00433. The van der Waals surface area contributed by atoms with E-state index in [9.17, 15) is 0 Å². The van der Waals surface area contributed by atoms with E-state index < -0.39 is 0 Å². The SMILES string of the molecule is CC(C)CCC(C)Nc1nc(Cl)nc(OC(C)C)n1. The van der Waals surface area contributed by atoms with Gasteiger partial charge in [0.25, 0.3) is 0 Å². The van der Waals surface area contributed by atoms with Gasteiger partial charge in [-0.25, -0.2) is 0 Å². The highest BCUT2D eigenvalue weighted by atomic mass is 35.5. The summed E-state index contributed by atoms with van der Waals surface area (Å²) in [5.74, 6) is 1.15. The van der Waals surface area contributed by atoms with Crippen LogP contribution >= 0.6 is 11.6 Å². The predicted molar refractivity (Wildman–Crippen MR) is 77.8 cm³/mol. The predicted octanol–water partition coefficient (Wildman–Crippen LogP) is 3.55. The Bertz CT molecular complexity index is 398. The van der Waals surface area contributed by atoms with Crippen LogP contribution in [0.2, 0.25) is 5.28 Å². The molecule has 1 rings (SSSR count). The van der Waals surface area contributed by atoms with Crippen LogP contribution in [0.1, 0.15) is 47.5 Å². The normalized spacial score (nSPS) is 12.8. The maximum Gasteiger partial charge on any atom is 0.322 e. The van der Waals surface area contributed by atoms with Gasteiger partial charge in [0.15, 0.2) is 0 Å². The van der Waals surface area contributed by atoms with Crippen molar-refractivity contribution in [3.8, 4) is 6.01 Å². The molecule has 0 saturated heterocycles. The van der Waals surface area contributed by atoms with Crippen LogP contribution < -0.4 is 10.1 Å². The summed E-state index contributed by atoms with van der Waals surface area (Å²) in [6, 6.07) is 0.543. The Balaban J connectivity index is 2.64. The molecule has 1 unspecified atom stereocenters. The molecule has 0 spiro atoms. The molecule has 0 saturated carbocycles. The maximum atomic E-state index is 5.86. The summed E-state index contributed by atoms with van der Waals surface area (Å²) in [5.41, 5.74) is 0. The van der Waals surface area contributed by atoms with Crippen molar-refractivity contribution in [1.29, 1.82) is 0 Å². The average Bonchev–Trinajstić information content (AvgIpc) is 2.24. The molecular weight excluding hydrogens is 264 g/mol. The summed E-state index contributed by atoms with van der Waals surface area (Å²) in [4.78, 5) is 12.2. The lowest BCUT2D eigenvalue weighted by atomic mass is 10.0. The van der Waals surface area contributed by atoms with Crippen molar-refractivity contribution >= 4 is 17.5 Å². The molecule has 0 aliphatic rings. The largest absolute Gasteiger partial charge is 0.461 e. The second-order valence-corrected chi connectivity index (χ2v) is 5.73. The maximum absolute atomic E-state index is 5.86. The van der Waals surface area contributed by atoms with Gasteiger partial charge in [-0.1, -0.05) is 13.8 Å². The molecule has 0 aliphatic heterocycles. The summed E-state index contributed by atoms with van der Waals surface area (Å²) < 4.78 is 5.43. The average molecular weight is 287 g/mol. The van der Waals surface area contributed by atoms with Crippen molar-refractivity contribution in [2.75, 3.05) is 5.32 Å². The number of nitrogens with zero attached hydrogens (tertiary/aromatic N) is 3. The molecule has 19 heavy (non-hydrogen) atoms. The van der Waals surface area contributed by atoms with Gasteiger partial charge >= 0.3 is 6.01 Å². The third-order valence-corrected chi connectivity index (χ3v) is 2.65. The second-order valence-electron chi connectivity index (χ2n) is 5.39. The fourth-order valence-corrected chi connectivity index (χ4v) is 1.69. The molecule has 1 aromatic rings.